The largest absolute Gasteiger partial charge is 0.394 e. The average Bonchev–Trinajstić information content (AvgIpc) is 3.00. The minimum atomic E-state index is 0.0409. The molecule has 0 aliphatic rings. The quantitative estimate of drug-likeness (QED) is 0.600. The molecule has 3 rings (SSSR count). The number of aliphatic hydroxyl groups excluding tert-OH is 1. The van der Waals surface area contributed by atoms with Gasteiger partial charge in [-0.15, -0.1) is 11.3 Å². The number of fused-ring (bicyclic) bond motifs is 1. The number of thiophene rings is 1. The lowest BCUT2D eigenvalue weighted by Gasteiger charge is -2.06. The highest BCUT2D eigenvalue weighted by atomic mass is 79.9. The van der Waals surface area contributed by atoms with Gasteiger partial charge in [-0.2, -0.15) is 0 Å². The summed E-state index contributed by atoms with van der Waals surface area (Å²) in [5.74, 6) is 0.816. The molecule has 0 unspecified atom stereocenters. The van der Waals surface area contributed by atoms with Crippen LogP contribution in [0.15, 0.2) is 41.1 Å². The number of aliphatic hydroxyl groups is 1. The maximum Gasteiger partial charge on any atom is 0.147 e. The van der Waals surface area contributed by atoms with Crippen LogP contribution in [-0.2, 0) is 4.74 Å². The summed E-state index contributed by atoms with van der Waals surface area (Å²) in [7, 11) is 0. The molecule has 0 amide bonds. The summed E-state index contributed by atoms with van der Waals surface area (Å²) in [5.41, 5.74) is 2.09. The van der Waals surface area contributed by atoms with Crippen LogP contribution >= 0.6 is 27.3 Å². The number of rotatable bonds is 7. The Morgan fingerprint density at radius 2 is 2.00 bits per heavy atom. The zero-order chi connectivity index (χ0) is 16.1. The third-order valence-electron chi connectivity index (χ3n) is 3.21. The van der Waals surface area contributed by atoms with Crippen molar-refractivity contribution in [3.05, 3.63) is 41.1 Å². The molecule has 0 aliphatic carbocycles. The van der Waals surface area contributed by atoms with E-state index in [9.17, 15) is 0 Å². The number of ether oxygens (including phenoxy) is 1. The molecule has 23 heavy (non-hydrogen) atoms. The van der Waals surface area contributed by atoms with Gasteiger partial charge in [-0.1, -0.05) is 28.1 Å². The standard InChI is InChI=1S/C16H16BrN3O2S/c17-12-3-1-11(2-4-12)14-9-13-15(23-14)16(20-10-19-13)18-5-7-22-8-6-21/h1-4,9-10,21H,5-8H2,(H,18,19,20). The van der Waals surface area contributed by atoms with Crippen LogP contribution in [0.4, 0.5) is 5.82 Å². The number of aromatic nitrogens is 2. The second-order valence-corrected chi connectivity index (χ2v) is 6.78. The third kappa shape index (κ3) is 4.06. The van der Waals surface area contributed by atoms with Crippen LogP contribution in [0.1, 0.15) is 0 Å². The predicted octanol–water partition coefficient (Wildman–Crippen LogP) is 3.54. The molecule has 2 heterocycles. The molecule has 5 nitrogen and oxygen atoms in total. The smallest absolute Gasteiger partial charge is 0.147 e. The number of nitrogens with zero attached hydrogens (tertiary/aromatic N) is 2. The highest BCUT2D eigenvalue weighted by molar-refractivity contribution is 9.10. The molecule has 2 aromatic heterocycles. The van der Waals surface area contributed by atoms with Crippen LogP contribution < -0.4 is 5.32 Å². The molecule has 1 aromatic carbocycles. The first-order valence-corrected chi connectivity index (χ1v) is 8.82. The van der Waals surface area contributed by atoms with Crippen LogP contribution in [0, 0.1) is 0 Å². The minimum Gasteiger partial charge on any atom is -0.394 e. The predicted molar refractivity (Wildman–Crippen MR) is 96.9 cm³/mol. The normalized spacial score (nSPS) is 11.0. The molecule has 2 N–H and O–H groups in total. The monoisotopic (exact) mass is 393 g/mol. The fourth-order valence-electron chi connectivity index (χ4n) is 2.14. The molecular formula is C16H16BrN3O2S. The molecular weight excluding hydrogens is 378 g/mol. The van der Waals surface area contributed by atoms with Crippen molar-refractivity contribution in [2.24, 2.45) is 0 Å². The van der Waals surface area contributed by atoms with Crippen molar-refractivity contribution in [3.63, 3.8) is 0 Å². The fraction of sp³-hybridized carbons (Fsp3) is 0.250. The summed E-state index contributed by atoms with van der Waals surface area (Å²) >= 11 is 5.12. The zero-order valence-corrected chi connectivity index (χ0v) is 14.7. The fourth-order valence-corrected chi connectivity index (χ4v) is 3.49. The van der Waals surface area contributed by atoms with E-state index in [0.717, 1.165) is 30.9 Å². The number of nitrogens with one attached hydrogen (secondary N) is 1. The SMILES string of the molecule is OCCOCCNc1ncnc2cc(-c3ccc(Br)cc3)sc12. The number of anilines is 1. The molecule has 0 aliphatic heterocycles. The first-order chi connectivity index (χ1) is 11.3. The Morgan fingerprint density at radius 3 is 2.78 bits per heavy atom. The van der Waals surface area contributed by atoms with E-state index in [1.807, 2.05) is 12.1 Å². The molecule has 7 heteroatoms. The number of hydrogen-bond acceptors (Lipinski definition) is 6. The highest BCUT2D eigenvalue weighted by Gasteiger charge is 2.10. The zero-order valence-electron chi connectivity index (χ0n) is 12.3. The lowest BCUT2D eigenvalue weighted by Crippen LogP contribution is -2.12. The van der Waals surface area contributed by atoms with Crippen LogP contribution in [-0.4, -0.2) is 41.4 Å². The third-order valence-corrected chi connectivity index (χ3v) is 4.92. The van der Waals surface area contributed by atoms with Gasteiger partial charge in [0.1, 0.15) is 12.1 Å². The summed E-state index contributed by atoms with van der Waals surface area (Å²) in [6, 6.07) is 10.3. The van der Waals surface area contributed by atoms with Crippen LogP contribution in [0.3, 0.4) is 0 Å². The average molecular weight is 394 g/mol. The number of halogens is 1. The lowest BCUT2D eigenvalue weighted by atomic mass is 10.2. The van der Waals surface area contributed by atoms with Gasteiger partial charge in [0.05, 0.1) is 30.0 Å². The van der Waals surface area contributed by atoms with E-state index < -0.39 is 0 Å². The molecule has 0 spiro atoms. The first-order valence-electron chi connectivity index (χ1n) is 7.21. The number of hydrogen-bond donors (Lipinski definition) is 2. The van der Waals surface area contributed by atoms with Gasteiger partial charge in [-0.3, -0.25) is 0 Å². The van der Waals surface area contributed by atoms with Gasteiger partial charge >= 0.3 is 0 Å². The van der Waals surface area contributed by atoms with Crippen LogP contribution in [0.2, 0.25) is 0 Å². The summed E-state index contributed by atoms with van der Waals surface area (Å²) in [6.07, 6.45) is 1.57. The van der Waals surface area contributed by atoms with Crippen molar-refractivity contribution in [1.29, 1.82) is 0 Å². The molecule has 3 aromatic rings. The Labute approximate surface area is 146 Å². The second-order valence-electron chi connectivity index (χ2n) is 4.82. The van der Waals surface area contributed by atoms with E-state index >= 15 is 0 Å². The summed E-state index contributed by atoms with van der Waals surface area (Å²) in [4.78, 5) is 9.83. The van der Waals surface area contributed by atoms with Crippen molar-refractivity contribution in [3.8, 4) is 10.4 Å². The first kappa shape index (κ1) is 16.3. The maximum atomic E-state index is 8.68. The van der Waals surface area contributed by atoms with Gasteiger partial charge in [0.2, 0.25) is 0 Å². The van der Waals surface area contributed by atoms with Gasteiger partial charge in [0.25, 0.3) is 0 Å². The molecule has 0 fully saturated rings. The van der Waals surface area contributed by atoms with Crippen molar-refractivity contribution in [2.45, 2.75) is 0 Å². The molecule has 0 radical (unpaired) electrons. The highest BCUT2D eigenvalue weighted by Crippen LogP contribution is 2.35. The number of benzene rings is 1. The van der Waals surface area contributed by atoms with E-state index in [0.29, 0.717) is 19.8 Å². The summed E-state index contributed by atoms with van der Waals surface area (Å²) in [5, 5.41) is 12.0. The van der Waals surface area contributed by atoms with E-state index in [-0.39, 0.29) is 6.61 Å². The lowest BCUT2D eigenvalue weighted by molar-refractivity contribution is 0.0992. The van der Waals surface area contributed by atoms with Crippen LogP contribution in [0.5, 0.6) is 0 Å². The van der Waals surface area contributed by atoms with Gasteiger partial charge < -0.3 is 15.2 Å². The van der Waals surface area contributed by atoms with Crippen molar-refractivity contribution >= 4 is 43.3 Å². The Kier molecular flexibility index (Phi) is 5.56. The second kappa shape index (κ2) is 7.83. The summed E-state index contributed by atoms with van der Waals surface area (Å²) < 4.78 is 7.34. The molecule has 0 bridgehead atoms. The topological polar surface area (TPSA) is 67.3 Å². The van der Waals surface area contributed by atoms with Crippen molar-refractivity contribution < 1.29 is 9.84 Å². The van der Waals surface area contributed by atoms with Crippen molar-refractivity contribution in [1.82, 2.24) is 9.97 Å². The van der Waals surface area contributed by atoms with E-state index in [2.05, 4.69) is 49.4 Å². The minimum absolute atomic E-state index is 0.0409. The van der Waals surface area contributed by atoms with E-state index in [4.69, 9.17) is 9.84 Å². The Morgan fingerprint density at radius 1 is 1.17 bits per heavy atom. The molecule has 0 atom stereocenters. The van der Waals surface area contributed by atoms with E-state index in [1.54, 1.807) is 17.7 Å². The Balaban J connectivity index is 1.79. The Hall–Kier alpha value is -1.54. The van der Waals surface area contributed by atoms with Crippen LogP contribution in [0.25, 0.3) is 20.7 Å². The van der Waals surface area contributed by atoms with E-state index in [1.165, 1.54) is 0 Å². The maximum absolute atomic E-state index is 8.68. The molecule has 0 saturated heterocycles. The van der Waals surface area contributed by atoms with Crippen molar-refractivity contribution in [2.75, 3.05) is 31.7 Å². The van der Waals surface area contributed by atoms with Gasteiger partial charge in [-0.05, 0) is 23.8 Å². The molecule has 120 valence electrons. The van der Waals surface area contributed by atoms with Gasteiger partial charge in [0, 0.05) is 15.9 Å². The Bertz CT molecular complexity index is 777. The van der Waals surface area contributed by atoms with Gasteiger partial charge in [-0.25, -0.2) is 9.97 Å². The van der Waals surface area contributed by atoms with Gasteiger partial charge in [0.15, 0.2) is 0 Å². The summed E-state index contributed by atoms with van der Waals surface area (Å²) in [6.45, 7) is 1.56. The molecule has 0 saturated carbocycles.